The van der Waals surface area contributed by atoms with E-state index in [-0.39, 0.29) is 0 Å². The molecule has 0 aromatic carbocycles. The van der Waals surface area contributed by atoms with E-state index in [2.05, 4.69) is 39.4 Å². The second kappa shape index (κ2) is 5.69. The molecule has 1 atom stereocenters. The van der Waals surface area contributed by atoms with Gasteiger partial charge in [0.25, 0.3) is 0 Å². The van der Waals surface area contributed by atoms with Crippen molar-refractivity contribution in [1.82, 2.24) is 24.6 Å². The monoisotopic (exact) mass is 287 g/mol. The molecule has 1 unspecified atom stereocenters. The number of aromatic nitrogens is 4. The summed E-state index contributed by atoms with van der Waals surface area (Å²) in [7, 11) is 4.23. The zero-order valence-corrected chi connectivity index (χ0v) is 12.4. The van der Waals surface area contributed by atoms with Gasteiger partial charge in [0, 0.05) is 25.0 Å². The van der Waals surface area contributed by atoms with Crippen LogP contribution >= 0.6 is 0 Å². The Kier molecular flexibility index (Phi) is 3.74. The zero-order chi connectivity index (χ0) is 14.8. The Morgan fingerprint density at radius 1 is 1.43 bits per heavy atom. The molecule has 0 saturated heterocycles. The van der Waals surface area contributed by atoms with Gasteiger partial charge in [-0.15, -0.1) is 0 Å². The fourth-order valence-electron chi connectivity index (χ4n) is 2.56. The van der Waals surface area contributed by atoms with Crippen LogP contribution < -0.4 is 11.1 Å². The average molecular weight is 287 g/mol. The maximum atomic E-state index is 6.17. The van der Waals surface area contributed by atoms with E-state index in [0.717, 1.165) is 12.5 Å². The van der Waals surface area contributed by atoms with Crippen molar-refractivity contribution in [2.45, 2.75) is 18.9 Å². The van der Waals surface area contributed by atoms with Crippen LogP contribution in [-0.4, -0.2) is 51.3 Å². The van der Waals surface area contributed by atoms with Crippen LogP contribution in [0.1, 0.15) is 12.8 Å². The first-order valence-corrected chi connectivity index (χ1v) is 7.17. The fraction of sp³-hybridized carbons (Fsp3) is 0.500. The van der Waals surface area contributed by atoms with Crippen LogP contribution in [0.3, 0.4) is 0 Å². The lowest BCUT2D eigenvalue weighted by molar-refractivity contribution is 0.276. The van der Waals surface area contributed by atoms with Crippen LogP contribution in [-0.2, 0) is 0 Å². The van der Waals surface area contributed by atoms with Gasteiger partial charge < -0.3 is 16.0 Å². The first-order chi connectivity index (χ1) is 10.2. The highest BCUT2D eigenvalue weighted by atomic mass is 15.3. The summed E-state index contributed by atoms with van der Waals surface area (Å²) in [6, 6.07) is 2.34. The molecule has 1 fully saturated rings. The SMILES string of the molecule is CN(C)C(CNc1ncnc(-n2cccn2)c1N)C1CC1. The Labute approximate surface area is 124 Å². The van der Waals surface area contributed by atoms with Gasteiger partial charge in [0.1, 0.15) is 12.0 Å². The highest BCUT2D eigenvalue weighted by Crippen LogP contribution is 2.34. The summed E-state index contributed by atoms with van der Waals surface area (Å²) >= 11 is 0. The van der Waals surface area contributed by atoms with Crippen molar-refractivity contribution in [2.24, 2.45) is 5.92 Å². The standard InChI is InChI=1S/C14H21N7/c1-20(2)11(10-4-5-10)8-16-13-12(15)14(18-9-17-13)21-7-3-6-19-21/h3,6-7,9-11H,4-5,8,15H2,1-2H3,(H,16,17,18). The third-order valence-corrected chi connectivity index (χ3v) is 3.89. The van der Waals surface area contributed by atoms with Gasteiger partial charge in [0.15, 0.2) is 11.6 Å². The van der Waals surface area contributed by atoms with E-state index in [0.29, 0.717) is 23.4 Å². The Morgan fingerprint density at radius 2 is 2.24 bits per heavy atom. The molecule has 1 aliphatic carbocycles. The topological polar surface area (TPSA) is 84.9 Å². The van der Waals surface area contributed by atoms with Crippen LogP contribution in [0.2, 0.25) is 0 Å². The number of likely N-dealkylation sites (N-methyl/N-ethyl adjacent to an activating group) is 1. The summed E-state index contributed by atoms with van der Waals surface area (Å²) in [6.45, 7) is 0.831. The molecule has 112 valence electrons. The highest BCUT2D eigenvalue weighted by Gasteiger charge is 2.32. The fourth-order valence-corrected chi connectivity index (χ4v) is 2.56. The van der Waals surface area contributed by atoms with Crippen molar-refractivity contribution in [2.75, 3.05) is 31.7 Å². The van der Waals surface area contributed by atoms with Crippen molar-refractivity contribution >= 4 is 11.5 Å². The van der Waals surface area contributed by atoms with E-state index in [9.17, 15) is 0 Å². The molecule has 0 radical (unpaired) electrons. The van der Waals surface area contributed by atoms with Crippen LogP contribution in [0.5, 0.6) is 0 Å². The number of nitrogens with two attached hydrogens (primary N) is 1. The molecule has 2 heterocycles. The second-order valence-electron chi connectivity index (χ2n) is 5.66. The Hall–Kier alpha value is -2.15. The van der Waals surface area contributed by atoms with Gasteiger partial charge >= 0.3 is 0 Å². The van der Waals surface area contributed by atoms with Gasteiger partial charge in [-0.3, -0.25) is 0 Å². The predicted molar refractivity (Wildman–Crippen MR) is 82.3 cm³/mol. The molecule has 0 spiro atoms. The van der Waals surface area contributed by atoms with Gasteiger partial charge in [0.05, 0.1) is 0 Å². The van der Waals surface area contributed by atoms with Crippen LogP contribution in [0.4, 0.5) is 11.5 Å². The third kappa shape index (κ3) is 2.97. The van der Waals surface area contributed by atoms with Gasteiger partial charge in [-0.2, -0.15) is 5.10 Å². The van der Waals surface area contributed by atoms with Crippen molar-refractivity contribution < 1.29 is 0 Å². The zero-order valence-electron chi connectivity index (χ0n) is 12.4. The lowest BCUT2D eigenvalue weighted by atomic mass is 10.1. The molecule has 0 aliphatic heterocycles. The molecule has 1 aliphatic rings. The molecule has 21 heavy (non-hydrogen) atoms. The number of hydrogen-bond donors (Lipinski definition) is 2. The minimum Gasteiger partial charge on any atom is -0.393 e. The van der Waals surface area contributed by atoms with E-state index in [4.69, 9.17) is 5.73 Å². The van der Waals surface area contributed by atoms with E-state index >= 15 is 0 Å². The Morgan fingerprint density at radius 3 is 2.86 bits per heavy atom. The number of nitrogens with one attached hydrogen (secondary N) is 1. The normalized spacial score (nSPS) is 16.1. The number of hydrogen-bond acceptors (Lipinski definition) is 6. The first kappa shape index (κ1) is 13.8. The van der Waals surface area contributed by atoms with Gasteiger partial charge in [0.2, 0.25) is 0 Å². The van der Waals surface area contributed by atoms with E-state index in [1.54, 1.807) is 10.9 Å². The molecule has 1 saturated carbocycles. The van der Waals surface area contributed by atoms with Crippen LogP contribution in [0.25, 0.3) is 5.82 Å². The minimum atomic E-state index is 0.507. The van der Waals surface area contributed by atoms with Crippen molar-refractivity contribution in [3.63, 3.8) is 0 Å². The minimum absolute atomic E-state index is 0.507. The van der Waals surface area contributed by atoms with E-state index in [1.165, 1.54) is 19.2 Å². The highest BCUT2D eigenvalue weighted by molar-refractivity contribution is 5.68. The van der Waals surface area contributed by atoms with Crippen molar-refractivity contribution in [3.05, 3.63) is 24.8 Å². The molecule has 3 rings (SSSR count). The summed E-state index contributed by atoms with van der Waals surface area (Å²) in [5.74, 6) is 2.05. The van der Waals surface area contributed by atoms with Crippen molar-refractivity contribution in [1.29, 1.82) is 0 Å². The van der Waals surface area contributed by atoms with E-state index < -0.39 is 0 Å². The van der Waals surface area contributed by atoms with Crippen LogP contribution in [0.15, 0.2) is 24.8 Å². The average Bonchev–Trinajstić information content (AvgIpc) is 3.14. The molecule has 2 aromatic rings. The van der Waals surface area contributed by atoms with E-state index in [1.807, 2.05) is 12.3 Å². The first-order valence-electron chi connectivity index (χ1n) is 7.17. The largest absolute Gasteiger partial charge is 0.393 e. The molecular formula is C14H21N7. The quantitative estimate of drug-likeness (QED) is 0.824. The molecule has 0 bridgehead atoms. The summed E-state index contributed by atoms with van der Waals surface area (Å²) in [6.07, 6.45) is 7.64. The summed E-state index contributed by atoms with van der Waals surface area (Å²) < 4.78 is 1.65. The smallest absolute Gasteiger partial charge is 0.181 e. The molecule has 3 N–H and O–H groups in total. The second-order valence-corrected chi connectivity index (χ2v) is 5.66. The summed E-state index contributed by atoms with van der Waals surface area (Å²) in [5.41, 5.74) is 6.69. The maximum absolute atomic E-state index is 6.17. The Balaban J connectivity index is 1.75. The Bertz CT molecular complexity index is 587. The van der Waals surface area contributed by atoms with Gasteiger partial charge in [-0.25, -0.2) is 14.6 Å². The van der Waals surface area contributed by atoms with Crippen molar-refractivity contribution in [3.8, 4) is 5.82 Å². The van der Waals surface area contributed by atoms with Crippen LogP contribution in [0, 0.1) is 5.92 Å². The molecular weight excluding hydrogens is 266 g/mol. The molecule has 7 nitrogen and oxygen atoms in total. The molecule has 2 aromatic heterocycles. The maximum Gasteiger partial charge on any atom is 0.181 e. The number of nitrogen functional groups attached to an aromatic ring is 1. The number of rotatable bonds is 6. The molecule has 0 amide bonds. The summed E-state index contributed by atoms with van der Waals surface area (Å²) in [5, 5.41) is 7.52. The third-order valence-electron chi connectivity index (χ3n) is 3.89. The lowest BCUT2D eigenvalue weighted by Gasteiger charge is -2.25. The van der Waals surface area contributed by atoms with Gasteiger partial charge in [-0.1, -0.05) is 0 Å². The van der Waals surface area contributed by atoms with Gasteiger partial charge in [-0.05, 0) is 38.9 Å². The lowest BCUT2D eigenvalue weighted by Crippen LogP contribution is -2.36. The predicted octanol–water partition coefficient (Wildman–Crippen LogP) is 0.997. The number of nitrogens with zero attached hydrogens (tertiary/aromatic N) is 5. The summed E-state index contributed by atoms with van der Waals surface area (Å²) in [4.78, 5) is 10.7. The number of anilines is 2. The molecule has 7 heteroatoms.